The second kappa shape index (κ2) is 6.73. The fourth-order valence-electron chi connectivity index (χ4n) is 4.51. The van der Waals surface area contributed by atoms with Crippen molar-refractivity contribution < 1.29 is 9.53 Å². The van der Waals surface area contributed by atoms with Crippen LogP contribution >= 0.6 is 15.9 Å². The summed E-state index contributed by atoms with van der Waals surface area (Å²) in [5.74, 6) is 0.977. The summed E-state index contributed by atoms with van der Waals surface area (Å²) >= 11 is 3.50. The Balaban J connectivity index is 1.43. The van der Waals surface area contributed by atoms with Crippen LogP contribution in [0.15, 0.2) is 53.1 Å². The summed E-state index contributed by atoms with van der Waals surface area (Å²) in [4.78, 5) is 15.0. The molecule has 1 amide bonds. The molecule has 29 heavy (non-hydrogen) atoms. The van der Waals surface area contributed by atoms with E-state index in [-0.39, 0.29) is 5.91 Å². The van der Waals surface area contributed by atoms with E-state index in [1.54, 1.807) is 0 Å². The highest BCUT2D eigenvalue weighted by Gasteiger charge is 2.45. The van der Waals surface area contributed by atoms with Crippen LogP contribution < -0.4 is 4.74 Å². The quantitative estimate of drug-likeness (QED) is 0.539. The molecule has 3 heterocycles. The second-order valence-corrected chi connectivity index (χ2v) is 8.73. The average molecular weight is 452 g/mol. The fourth-order valence-corrected chi connectivity index (χ4v) is 4.76. The number of likely N-dealkylation sites (tertiary alicyclic amines) is 1. The number of nitrogens with zero attached hydrogens (tertiary/aromatic N) is 3. The van der Waals surface area contributed by atoms with E-state index >= 15 is 0 Å². The Hall–Kier alpha value is -2.60. The van der Waals surface area contributed by atoms with E-state index < -0.39 is 5.60 Å². The summed E-state index contributed by atoms with van der Waals surface area (Å²) in [5, 5.41) is 4.52. The van der Waals surface area contributed by atoms with Gasteiger partial charge in [0, 0.05) is 54.1 Å². The molecule has 2 aliphatic heterocycles. The van der Waals surface area contributed by atoms with Gasteiger partial charge in [0.25, 0.3) is 5.91 Å². The number of rotatable bonds is 1. The molecule has 0 radical (unpaired) electrons. The molecule has 0 bridgehead atoms. The van der Waals surface area contributed by atoms with Crippen molar-refractivity contribution in [3.8, 4) is 17.0 Å². The van der Waals surface area contributed by atoms with E-state index in [4.69, 9.17) is 4.74 Å². The number of aromatic nitrogens is 2. The van der Waals surface area contributed by atoms with Gasteiger partial charge >= 0.3 is 0 Å². The van der Waals surface area contributed by atoms with Gasteiger partial charge in [0.1, 0.15) is 11.4 Å². The lowest BCUT2D eigenvalue weighted by molar-refractivity contribution is -0.00172. The van der Waals surface area contributed by atoms with Gasteiger partial charge < -0.3 is 9.64 Å². The number of ether oxygens (including phenoxy) is 1. The van der Waals surface area contributed by atoms with E-state index in [1.165, 1.54) is 0 Å². The summed E-state index contributed by atoms with van der Waals surface area (Å²) in [6.07, 6.45) is 3.43. The van der Waals surface area contributed by atoms with Crippen LogP contribution in [0, 0.1) is 6.92 Å². The molecule has 5 rings (SSSR count). The maximum Gasteiger partial charge on any atom is 0.253 e. The van der Waals surface area contributed by atoms with Crippen molar-refractivity contribution in [1.29, 1.82) is 0 Å². The van der Waals surface area contributed by atoms with Crippen LogP contribution in [-0.2, 0) is 12.6 Å². The van der Waals surface area contributed by atoms with E-state index in [0.717, 1.165) is 51.0 Å². The molecular weight excluding hydrogens is 430 g/mol. The van der Waals surface area contributed by atoms with Crippen LogP contribution in [0.1, 0.15) is 34.3 Å². The normalized spacial score (nSPS) is 16.9. The third-order valence-electron chi connectivity index (χ3n) is 6.14. The zero-order valence-electron chi connectivity index (χ0n) is 16.5. The Morgan fingerprint density at radius 3 is 2.69 bits per heavy atom. The molecule has 6 heteroatoms. The number of hydrogen-bond donors (Lipinski definition) is 0. The van der Waals surface area contributed by atoms with Crippen LogP contribution in [0.4, 0.5) is 0 Å². The minimum absolute atomic E-state index is 0.0815. The third kappa shape index (κ3) is 2.89. The Morgan fingerprint density at radius 1 is 1.17 bits per heavy atom. The molecule has 1 aromatic heterocycles. The number of para-hydroxylation sites is 1. The molecule has 1 spiro atoms. The molecule has 0 unspecified atom stereocenters. The Morgan fingerprint density at radius 2 is 1.93 bits per heavy atom. The lowest BCUT2D eigenvalue weighted by Crippen LogP contribution is -2.49. The SMILES string of the molecule is Cc1cc(C(=O)N2CCC3(CC2)Oc2ccccc2-c2c3cnn2C)ccc1Br. The van der Waals surface area contributed by atoms with Crippen LogP contribution in [0.3, 0.4) is 0 Å². The largest absolute Gasteiger partial charge is 0.482 e. The molecule has 2 aromatic carbocycles. The van der Waals surface area contributed by atoms with Gasteiger partial charge in [-0.05, 0) is 42.8 Å². The molecular formula is C23H22BrN3O2. The highest BCUT2D eigenvalue weighted by molar-refractivity contribution is 9.10. The molecule has 3 aromatic rings. The Bertz CT molecular complexity index is 1110. The van der Waals surface area contributed by atoms with Gasteiger partial charge in [0.05, 0.1) is 11.9 Å². The van der Waals surface area contributed by atoms with Crippen LogP contribution in [0.2, 0.25) is 0 Å². The van der Waals surface area contributed by atoms with E-state index in [9.17, 15) is 4.79 Å². The van der Waals surface area contributed by atoms with E-state index in [0.29, 0.717) is 13.1 Å². The highest BCUT2D eigenvalue weighted by Crippen LogP contribution is 2.49. The molecule has 1 fully saturated rings. The number of halogens is 1. The van der Waals surface area contributed by atoms with Crippen molar-refractivity contribution in [2.24, 2.45) is 7.05 Å². The van der Waals surface area contributed by atoms with Crippen LogP contribution in [0.25, 0.3) is 11.3 Å². The maximum absolute atomic E-state index is 13.0. The minimum Gasteiger partial charge on any atom is -0.482 e. The van der Waals surface area contributed by atoms with Crippen molar-refractivity contribution in [2.45, 2.75) is 25.4 Å². The number of carbonyl (C=O) groups excluding carboxylic acids is 1. The van der Waals surface area contributed by atoms with Crippen LogP contribution in [-0.4, -0.2) is 33.7 Å². The standard InChI is InChI=1S/C23H22BrN3O2/c1-15-13-16(7-8-19(15)24)22(28)27-11-9-23(10-12-27)18-14-25-26(2)21(18)17-5-3-4-6-20(17)29-23/h3-8,13-14H,9-12H2,1-2H3. The van der Waals surface area contributed by atoms with E-state index in [2.05, 4.69) is 27.1 Å². The zero-order valence-corrected chi connectivity index (χ0v) is 18.1. The predicted octanol–water partition coefficient (Wildman–Crippen LogP) is 4.68. The molecule has 2 aliphatic rings. The lowest BCUT2D eigenvalue weighted by Gasteiger charge is -2.44. The van der Waals surface area contributed by atoms with Gasteiger partial charge in [-0.25, -0.2) is 0 Å². The van der Waals surface area contributed by atoms with Crippen molar-refractivity contribution in [1.82, 2.24) is 14.7 Å². The number of benzene rings is 2. The van der Waals surface area contributed by atoms with Crippen LogP contribution in [0.5, 0.6) is 5.75 Å². The van der Waals surface area contributed by atoms with Crippen molar-refractivity contribution >= 4 is 21.8 Å². The van der Waals surface area contributed by atoms with Gasteiger partial charge in [0.15, 0.2) is 0 Å². The number of amides is 1. The zero-order chi connectivity index (χ0) is 20.2. The van der Waals surface area contributed by atoms with Gasteiger partial charge in [-0.1, -0.05) is 28.1 Å². The predicted molar refractivity (Wildman–Crippen MR) is 115 cm³/mol. The molecule has 0 N–H and O–H groups in total. The highest BCUT2D eigenvalue weighted by atomic mass is 79.9. The van der Waals surface area contributed by atoms with Crippen molar-refractivity contribution in [3.05, 3.63) is 69.8 Å². The first-order valence-electron chi connectivity index (χ1n) is 9.85. The lowest BCUT2D eigenvalue weighted by atomic mass is 9.81. The molecule has 5 nitrogen and oxygen atoms in total. The van der Waals surface area contributed by atoms with Gasteiger partial charge in [-0.3, -0.25) is 9.48 Å². The molecule has 0 atom stereocenters. The number of fused-ring (bicyclic) bond motifs is 4. The minimum atomic E-state index is -0.426. The summed E-state index contributed by atoms with van der Waals surface area (Å²) in [6.45, 7) is 3.32. The molecule has 148 valence electrons. The topological polar surface area (TPSA) is 47.4 Å². The number of hydrogen-bond acceptors (Lipinski definition) is 3. The van der Waals surface area contributed by atoms with E-state index in [1.807, 2.05) is 66.1 Å². The smallest absolute Gasteiger partial charge is 0.253 e. The monoisotopic (exact) mass is 451 g/mol. The van der Waals surface area contributed by atoms with Gasteiger partial charge in [-0.2, -0.15) is 5.10 Å². The Labute approximate surface area is 178 Å². The number of piperidine rings is 1. The molecule has 1 saturated heterocycles. The first kappa shape index (κ1) is 18.4. The number of aryl methyl sites for hydroxylation is 2. The third-order valence-corrected chi connectivity index (χ3v) is 7.03. The van der Waals surface area contributed by atoms with Gasteiger partial charge in [-0.15, -0.1) is 0 Å². The maximum atomic E-state index is 13.0. The Kier molecular flexibility index (Phi) is 4.28. The summed E-state index contributed by atoms with van der Waals surface area (Å²) in [7, 11) is 1.98. The first-order valence-corrected chi connectivity index (χ1v) is 10.6. The fraction of sp³-hybridized carbons (Fsp3) is 0.304. The van der Waals surface area contributed by atoms with Crippen molar-refractivity contribution in [2.75, 3.05) is 13.1 Å². The molecule has 0 saturated carbocycles. The second-order valence-electron chi connectivity index (χ2n) is 7.88. The summed E-state index contributed by atoms with van der Waals surface area (Å²) in [5.41, 5.74) is 4.71. The number of carbonyl (C=O) groups is 1. The molecule has 0 aliphatic carbocycles. The average Bonchev–Trinajstić information content (AvgIpc) is 3.13. The van der Waals surface area contributed by atoms with Gasteiger partial charge in [0.2, 0.25) is 0 Å². The summed E-state index contributed by atoms with van der Waals surface area (Å²) < 4.78 is 9.52. The first-order chi connectivity index (χ1) is 14.0. The van der Waals surface area contributed by atoms with Crippen molar-refractivity contribution in [3.63, 3.8) is 0 Å². The summed E-state index contributed by atoms with van der Waals surface area (Å²) in [6, 6.07) is 13.9.